The maximum atomic E-state index is 4.39. The molecule has 0 N–H and O–H groups in total. The molecule has 0 bridgehead atoms. The third-order valence-corrected chi connectivity index (χ3v) is 2.78. The molecular weight excluding hydrogens is 170 g/mol. The normalized spacial score (nSPS) is 19.5. The van der Waals surface area contributed by atoms with Crippen LogP contribution in [0.3, 0.4) is 0 Å². The Hall–Kier alpha value is -1.63. The number of rotatable bonds is 1. The first-order valence-corrected chi connectivity index (χ1v) is 4.88. The second kappa shape index (κ2) is 2.68. The maximum Gasteiger partial charge on any atom is 0.113 e. The summed E-state index contributed by atoms with van der Waals surface area (Å²) < 4.78 is 0. The van der Waals surface area contributed by atoms with Gasteiger partial charge in [0, 0.05) is 5.71 Å². The van der Waals surface area contributed by atoms with Gasteiger partial charge in [-0.25, -0.2) is 0 Å². The standard InChI is InChI=1S/C13H11N/c1-9-13(14-9)12-8-4-6-10-5-2-3-7-11(10)12/h2-8,13H,1H3. The summed E-state index contributed by atoms with van der Waals surface area (Å²) in [5, 5.41) is 2.64. The molecule has 68 valence electrons. The predicted molar refractivity (Wildman–Crippen MR) is 59.8 cm³/mol. The average Bonchev–Trinajstić information content (AvgIpc) is 2.95. The first-order valence-electron chi connectivity index (χ1n) is 4.88. The van der Waals surface area contributed by atoms with E-state index < -0.39 is 0 Å². The first kappa shape index (κ1) is 7.74. The Bertz CT molecular complexity index is 520. The number of aliphatic imine (C=N–C) groups is 1. The molecule has 1 heterocycles. The molecule has 0 spiro atoms. The number of nitrogens with zero attached hydrogens (tertiary/aromatic N) is 1. The summed E-state index contributed by atoms with van der Waals surface area (Å²) in [4.78, 5) is 4.39. The lowest BCUT2D eigenvalue weighted by Crippen LogP contribution is -1.88. The highest BCUT2D eigenvalue weighted by Crippen LogP contribution is 2.35. The maximum absolute atomic E-state index is 4.39. The molecule has 1 aliphatic heterocycles. The lowest BCUT2D eigenvalue weighted by atomic mass is 10.0. The molecule has 0 fully saturated rings. The van der Waals surface area contributed by atoms with Gasteiger partial charge in [-0.2, -0.15) is 0 Å². The van der Waals surface area contributed by atoms with Crippen molar-refractivity contribution < 1.29 is 0 Å². The second-order valence-corrected chi connectivity index (χ2v) is 3.74. The van der Waals surface area contributed by atoms with E-state index in [2.05, 4.69) is 54.4 Å². The minimum atomic E-state index is 0.362. The monoisotopic (exact) mass is 181 g/mol. The van der Waals surface area contributed by atoms with Crippen LogP contribution in [0.5, 0.6) is 0 Å². The lowest BCUT2D eigenvalue weighted by molar-refractivity contribution is 1.15. The van der Waals surface area contributed by atoms with E-state index in [0.717, 1.165) is 0 Å². The minimum absolute atomic E-state index is 0.362. The lowest BCUT2D eigenvalue weighted by Gasteiger charge is -2.03. The molecule has 0 radical (unpaired) electrons. The summed E-state index contributed by atoms with van der Waals surface area (Å²) in [6.07, 6.45) is 0. The summed E-state index contributed by atoms with van der Waals surface area (Å²) in [5.41, 5.74) is 2.60. The third kappa shape index (κ3) is 1.06. The fourth-order valence-electron chi connectivity index (χ4n) is 1.95. The number of fused-ring (bicyclic) bond motifs is 1. The topological polar surface area (TPSA) is 12.4 Å². The van der Waals surface area contributed by atoms with E-state index >= 15 is 0 Å². The number of hydrogen-bond donors (Lipinski definition) is 0. The fourth-order valence-corrected chi connectivity index (χ4v) is 1.95. The van der Waals surface area contributed by atoms with Crippen LogP contribution < -0.4 is 0 Å². The van der Waals surface area contributed by atoms with Crippen molar-refractivity contribution in [2.45, 2.75) is 13.0 Å². The van der Waals surface area contributed by atoms with Crippen LogP contribution in [0.4, 0.5) is 0 Å². The SMILES string of the molecule is CC1=NC1c1cccc2ccccc12. The average molecular weight is 181 g/mol. The van der Waals surface area contributed by atoms with E-state index in [9.17, 15) is 0 Å². The largest absolute Gasteiger partial charge is 0.278 e. The molecular formula is C13H11N. The van der Waals surface area contributed by atoms with Gasteiger partial charge in [-0.1, -0.05) is 42.5 Å². The van der Waals surface area contributed by atoms with Gasteiger partial charge in [-0.15, -0.1) is 0 Å². The van der Waals surface area contributed by atoms with Crippen molar-refractivity contribution in [1.82, 2.24) is 0 Å². The Kier molecular flexibility index (Phi) is 1.48. The van der Waals surface area contributed by atoms with Crippen LogP contribution >= 0.6 is 0 Å². The Morgan fingerprint density at radius 2 is 1.71 bits per heavy atom. The van der Waals surface area contributed by atoms with Gasteiger partial charge in [0.2, 0.25) is 0 Å². The van der Waals surface area contributed by atoms with Gasteiger partial charge in [0.1, 0.15) is 6.04 Å². The summed E-state index contributed by atoms with van der Waals surface area (Å²) in [7, 11) is 0. The second-order valence-electron chi connectivity index (χ2n) is 3.74. The summed E-state index contributed by atoms with van der Waals surface area (Å²) in [6.45, 7) is 2.09. The van der Waals surface area contributed by atoms with Crippen molar-refractivity contribution in [3.05, 3.63) is 48.0 Å². The minimum Gasteiger partial charge on any atom is -0.278 e. The van der Waals surface area contributed by atoms with Crippen molar-refractivity contribution in [3.8, 4) is 0 Å². The van der Waals surface area contributed by atoms with Gasteiger partial charge in [0.25, 0.3) is 0 Å². The third-order valence-electron chi connectivity index (χ3n) is 2.78. The molecule has 0 saturated heterocycles. The molecule has 2 aromatic rings. The Morgan fingerprint density at radius 3 is 2.50 bits per heavy atom. The van der Waals surface area contributed by atoms with Crippen molar-refractivity contribution in [2.75, 3.05) is 0 Å². The molecule has 0 aliphatic carbocycles. The van der Waals surface area contributed by atoms with Crippen LogP contribution in [-0.4, -0.2) is 5.71 Å². The van der Waals surface area contributed by atoms with Gasteiger partial charge in [-0.05, 0) is 23.3 Å². The molecule has 3 rings (SSSR count). The number of hydrogen-bond acceptors (Lipinski definition) is 1. The van der Waals surface area contributed by atoms with E-state index in [0.29, 0.717) is 6.04 Å². The Morgan fingerprint density at radius 1 is 1.00 bits per heavy atom. The summed E-state index contributed by atoms with van der Waals surface area (Å²) in [5.74, 6) is 0. The van der Waals surface area contributed by atoms with E-state index in [1.807, 2.05) is 0 Å². The highest BCUT2D eigenvalue weighted by Gasteiger charge is 2.25. The zero-order chi connectivity index (χ0) is 9.54. The predicted octanol–water partition coefficient (Wildman–Crippen LogP) is 3.36. The van der Waals surface area contributed by atoms with E-state index in [1.165, 1.54) is 22.0 Å². The Labute approximate surface area is 83.1 Å². The number of benzene rings is 2. The quantitative estimate of drug-likeness (QED) is 0.639. The summed E-state index contributed by atoms with van der Waals surface area (Å²) >= 11 is 0. The fraction of sp³-hybridized carbons (Fsp3) is 0.154. The first-order chi connectivity index (χ1) is 6.86. The van der Waals surface area contributed by atoms with Crippen molar-refractivity contribution in [3.63, 3.8) is 0 Å². The van der Waals surface area contributed by atoms with Crippen molar-refractivity contribution in [1.29, 1.82) is 0 Å². The molecule has 1 unspecified atom stereocenters. The van der Waals surface area contributed by atoms with Crippen LogP contribution in [0.2, 0.25) is 0 Å². The van der Waals surface area contributed by atoms with Crippen LogP contribution in [0.25, 0.3) is 10.8 Å². The van der Waals surface area contributed by atoms with Gasteiger partial charge in [-0.3, -0.25) is 4.99 Å². The smallest absolute Gasteiger partial charge is 0.113 e. The van der Waals surface area contributed by atoms with E-state index in [-0.39, 0.29) is 0 Å². The van der Waals surface area contributed by atoms with Crippen LogP contribution in [0, 0.1) is 0 Å². The molecule has 1 atom stereocenters. The van der Waals surface area contributed by atoms with Crippen LogP contribution in [0.1, 0.15) is 18.5 Å². The van der Waals surface area contributed by atoms with Gasteiger partial charge in [0.15, 0.2) is 0 Å². The van der Waals surface area contributed by atoms with Crippen LogP contribution in [0.15, 0.2) is 47.5 Å². The highest BCUT2D eigenvalue weighted by atomic mass is 15.0. The molecule has 1 nitrogen and oxygen atoms in total. The molecule has 14 heavy (non-hydrogen) atoms. The molecule has 0 amide bonds. The zero-order valence-corrected chi connectivity index (χ0v) is 8.07. The van der Waals surface area contributed by atoms with Gasteiger partial charge in [0.05, 0.1) is 0 Å². The molecule has 1 aliphatic rings. The van der Waals surface area contributed by atoms with Gasteiger partial charge >= 0.3 is 0 Å². The molecule has 0 aromatic heterocycles. The van der Waals surface area contributed by atoms with E-state index in [1.54, 1.807) is 0 Å². The molecule has 1 heteroatoms. The van der Waals surface area contributed by atoms with Crippen molar-refractivity contribution >= 4 is 16.5 Å². The van der Waals surface area contributed by atoms with Crippen LogP contribution in [-0.2, 0) is 0 Å². The molecule has 2 aromatic carbocycles. The van der Waals surface area contributed by atoms with E-state index in [4.69, 9.17) is 0 Å². The summed E-state index contributed by atoms with van der Waals surface area (Å²) in [6, 6.07) is 15.3. The highest BCUT2D eigenvalue weighted by molar-refractivity contribution is 6.03. The van der Waals surface area contributed by atoms with Gasteiger partial charge < -0.3 is 0 Å². The zero-order valence-electron chi connectivity index (χ0n) is 8.07. The Balaban J connectivity index is 2.24. The molecule has 0 saturated carbocycles. The van der Waals surface area contributed by atoms with Crippen molar-refractivity contribution in [2.24, 2.45) is 4.99 Å².